The molecule has 3 nitrogen and oxygen atoms in total. The Bertz CT molecular complexity index is 604. The number of hydrogen-bond acceptors (Lipinski definition) is 2. The van der Waals surface area contributed by atoms with Crippen molar-refractivity contribution in [3.05, 3.63) is 41.5 Å². The highest BCUT2D eigenvalue weighted by Gasteiger charge is 2.37. The number of aryl methyl sites for hydroxylation is 1. The van der Waals surface area contributed by atoms with Crippen LogP contribution in [0.4, 0.5) is 5.69 Å². The zero-order valence-corrected chi connectivity index (χ0v) is 12.6. The third-order valence-corrected chi connectivity index (χ3v) is 4.51. The van der Waals surface area contributed by atoms with Crippen LogP contribution >= 0.6 is 12.2 Å². The van der Waals surface area contributed by atoms with E-state index in [-0.39, 0.29) is 0 Å². The molecular formula is C16H19N3S. The first-order chi connectivity index (χ1) is 9.65. The summed E-state index contributed by atoms with van der Waals surface area (Å²) in [6.07, 6.45) is 6.75. The molecule has 1 fully saturated rings. The molecule has 0 spiro atoms. The van der Waals surface area contributed by atoms with E-state index in [2.05, 4.69) is 47.9 Å². The second-order valence-electron chi connectivity index (χ2n) is 5.55. The molecule has 0 saturated heterocycles. The van der Waals surface area contributed by atoms with Crippen LogP contribution in [0.2, 0.25) is 0 Å². The molecule has 0 bridgehead atoms. The van der Waals surface area contributed by atoms with Gasteiger partial charge in [0.15, 0.2) is 5.11 Å². The minimum absolute atomic E-state index is 0.556. The summed E-state index contributed by atoms with van der Waals surface area (Å²) in [6, 6.07) is 6.16. The van der Waals surface area contributed by atoms with Gasteiger partial charge in [0.1, 0.15) is 0 Å². The van der Waals surface area contributed by atoms with Crippen LogP contribution in [0.25, 0.3) is 0 Å². The quantitative estimate of drug-likeness (QED) is 0.496. The van der Waals surface area contributed by atoms with Crippen LogP contribution in [0.3, 0.4) is 0 Å². The lowest BCUT2D eigenvalue weighted by molar-refractivity contribution is 0.463. The maximum Gasteiger partial charge on any atom is 0.191 e. The van der Waals surface area contributed by atoms with Crippen molar-refractivity contribution in [3.8, 4) is 0 Å². The van der Waals surface area contributed by atoms with Crippen molar-refractivity contribution in [2.24, 2.45) is 16.9 Å². The van der Waals surface area contributed by atoms with Crippen molar-refractivity contribution in [2.75, 3.05) is 5.32 Å². The topological polar surface area (TPSA) is 36.4 Å². The molecule has 1 aromatic carbocycles. The summed E-state index contributed by atoms with van der Waals surface area (Å²) in [5, 5.41) is 8.21. The summed E-state index contributed by atoms with van der Waals surface area (Å²) < 4.78 is 0. The lowest BCUT2D eigenvalue weighted by Crippen LogP contribution is -2.36. The highest BCUT2D eigenvalue weighted by Crippen LogP contribution is 2.40. The SMILES string of the molecule is Cc1cccc(NC(=S)N/N=C2/C[C@@H]3C=CC[C@@H]23)c1C. The summed E-state index contributed by atoms with van der Waals surface area (Å²) in [4.78, 5) is 0. The largest absolute Gasteiger partial charge is 0.331 e. The maximum atomic E-state index is 5.30. The molecule has 0 unspecified atom stereocenters. The predicted molar refractivity (Wildman–Crippen MR) is 88.1 cm³/mol. The molecule has 0 amide bonds. The molecule has 2 atom stereocenters. The average molecular weight is 285 g/mol. The molecule has 4 heteroatoms. The van der Waals surface area contributed by atoms with Gasteiger partial charge in [0, 0.05) is 17.3 Å². The monoisotopic (exact) mass is 285 g/mol. The molecule has 1 saturated carbocycles. The van der Waals surface area contributed by atoms with Crippen molar-refractivity contribution >= 4 is 28.7 Å². The molecule has 1 aromatic rings. The number of rotatable bonds is 2. The second kappa shape index (κ2) is 5.37. The van der Waals surface area contributed by atoms with Crippen molar-refractivity contribution in [1.82, 2.24) is 5.43 Å². The second-order valence-corrected chi connectivity index (χ2v) is 5.96. The van der Waals surface area contributed by atoms with Gasteiger partial charge in [0.2, 0.25) is 0 Å². The third-order valence-electron chi connectivity index (χ3n) is 4.32. The summed E-state index contributed by atoms with van der Waals surface area (Å²) in [6.45, 7) is 4.19. The number of hydrazone groups is 1. The average Bonchev–Trinajstić information content (AvgIpc) is 2.77. The van der Waals surface area contributed by atoms with Crippen LogP contribution in [-0.4, -0.2) is 10.8 Å². The van der Waals surface area contributed by atoms with Crippen LogP contribution in [0.15, 0.2) is 35.5 Å². The minimum atomic E-state index is 0.556. The number of hydrogen-bond donors (Lipinski definition) is 2. The summed E-state index contributed by atoms with van der Waals surface area (Å²) in [5.74, 6) is 1.34. The summed E-state index contributed by atoms with van der Waals surface area (Å²) in [5.41, 5.74) is 7.72. The van der Waals surface area contributed by atoms with Crippen LogP contribution in [0.5, 0.6) is 0 Å². The molecule has 104 valence electrons. The lowest BCUT2D eigenvalue weighted by Gasteiger charge is -2.31. The molecule has 0 aromatic heterocycles. The van der Waals surface area contributed by atoms with Gasteiger partial charge in [0.05, 0.1) is 0 Å². The van der Waals surface area contributed by atoms with E-state index in [1.165, 1.54) is 16.8 Å². The van der Waals surface area contributed by atoms with Gasteiger partial charge in [-0.1, -0.05) is 24.3 Å². The number of fused-ring (bicyclic) bond motifs is 1. The Labute approximate surface area is 125 Å². The molecular weight excluding hydrogens is 266 g/mol. The fraction of sp³-hybridized carbons (Fsp3) is 0.375. The Morgan fingerprint density at radius 1 is 1.35 bits per heavy atom. The van der Waals surface area contributed by atoms with Gasteiger partial charge >= 0.3 is 0 Å². The molecule has 0 radical (unpaired) electrons. The Morgan fingerprint density at radius 2 is 2.20 bits per heavy atom. The zero-order chi connectivity index (χ0) is 14.1. The standard InChI is InChI=1S/C16H19N3S/c1-10-5-3-8-14(11(10)2)17-16(20)19-18-15-9-12-6-4-7-13(12)15/h3-6,8,12-13H,7,9H2,1-2H3,(H2,17,19,20)/b18-15-/t12-,13+/m0/s1. The summed E-state index contributed by atoms with van der Waals surface area (Å²) in [7, 11) is 0. The van der Waals surface area contributed by atoms with Gasteiger partial charge in [-0.25, -0.2) is 0 Å². The molecule has 2 aliphatic rings. The lowest BCUT2D eigenvalue weighted by atomic mass is 9.74. The third kappa shape index (κ3) is 2.48. The number of nitrogens with zero attached hydrogens (tertiary/aromatic N) is 1. The fourth-order valence-electron chi connectivity index (χ4n) is 2.82. The fourth-order valence-corrected chi connectivity index (χ4v) is 2.98. The van der Waals surface area contributed by atoms with E-state index >= 15 is 0 Å². The Hall–Kier alpha value is -1.68. The van der Waals surface area contributed by atoms with E-state index in [4.69, 9.17) is 12.2 Å². The van der Waals surface area contributed by atoms with Crippen LogP contribution in [-0.2, 0) is 0 Å². The highest BCUT2D eigenvalue weighted by molar-refractivity contribution is 7.80. The smallest absolute Gasteiger partial charge is 0.191 e. The first-order valence-corrected chi connectivity index (χ1v) is 7.42. The normalized spacial score (nSPS) is 25.2. The number of allylic oxidation sites excluding steroid dienone is 2. The van der Waals surface area contributed by atoms with Gasteiger partial charge in [-0.05, 0) is 62.0 Å². The molecule has 0 heterocycles. The van der Waals surface area contributed by atoms with Crippen molar-refractivity contribution in [2.45, 2.75) is 26.7 Å². The predicted octanol–water partition coefficient (Wildman–Crippen LogP) is 3.54. The van der Waals surface area contributed by atoms with Crippen molar-refractivity contribution in [3.63, 3.8) is 0 Å². The van der Waals surface area contributed by atoms with Gasteiger partial charge in [-0.3, -0.25) is 5.43 Å². The highest BCUT2D eigenvalue weighted by atomic mass is 32.1. The van der Waals surface area contributed by atoms with Crippen LogP contribution in [0.1, 0.15) is 24.0 Å². The Morgan fingerprint density at radius 3 is 3.00 bits per heavy atom. The van der Waals surface area contributed by atoms with E-state index in [0.717, 1.165) is 24.4 Å². The van der Waals surface area contributed by atoms with E-state index in [1.54, 1.807) is 0 Å². The first-order valence-electron chi connectivity index (χ1n) is 7.01. The molecule has 20 heavy (non-hydrogen) atoms. The van der Waals surface area contributed by atoms with E-state index < -0.39 is 0 Å². The van der Waals surface area contributed by atoms with E-state index in [0.29, 0.717) is 11.0 Å². The number of benzene rings is 1. The molecule has 0 aliphatic heterocycles. The van der Waals surface area contributed by atoms with Gasteiger partial charge in [-0.2, -0.15) is 5.10 Å². The Balaban J connectivity index is 1.58. The van der Waals surface area contributed by atoms with E-state index in [9.17, 15) is 0 Å². The Kier molecular flexibility index (Phi) is 3.57. The summed E-state index contributed by atoms with van der Waals surface area (Å²) >= 11 is 5.30. The first kappa shape index (κ1) is 13.3. The minimum Gasteiger partial charge on any atom is -0.331 e. The van der Waals surface area contributed by atoms with Gasteiger partial charge in [-0.15, -0.1) is 0 Å². The van der Waals surface area contributed by atoms with Crippen molar-refractivity contribution in [1.29, 1.82) is 0 Å². The molecule has 2 aliphatic carbocycles. The number of nitrogens with one attached hydrogen (secondary N) is 2. The molecule has 2 N–H and O–H groups in total. The van der Waals surface area contributed by atoms with E-state index in [1.807, 2.05) is 12.1 Å². The maximum absolute atomic E-state index is 5.30. The zero-order valence-electron chi connectivity index (χ0n) is 11.8. The van der Waals surface area contributed by atoms with Crippen molar-refractivity contribution < 1.29 is 0 Å². The molecule has 3 rings (SSSR count). The number of thiocarbonyl (C=S) groups is 1. The van der Waals surface area contributed by atoms with Crippen LogP contribution < -0.4 is 10.7 Å². The van der Waals surface area contributed by atoms with Gasteiger partial charge in [0.25, 0.3) is 0 Å². The van der Waals surface area contributed by atoms with Gasteiger partial charge < -0.3 is 5.32 Å². The van der Waals surface area contributed by atoms with Crippen LogP contribution in [0, 0.1) is 25.7 Å². The number of anilines is 1.